The van der Waals surface area contributed by atoms with E-state index >= 15 is 0 Å². The van der Waals surface area contributed by atoms with Crippen LogP contribution in [0, 0.1) is 0 Å². The second-order valence-electron chi connectivity index (χ2n) is 11.1. The fourth-order valence-electron chi connectivity index (χ4n) is 6.05. The molecule has 1 saturated carbocycles. The van der Waals surface area contributed by atoms with Gasteiger partial charge in [0, 0.05) is 50.2 Å². The predicted octanol–water partition coefficient (Wildman–Crippen LogP) is 6.09. The third kappa shape index (κ3) is 6.60. The molecule has 0 spiro atoms. The van der Waals surface area contributed by atoms with E-state index in [4.69, 9.17) is 0 Å². The maximum Gasteiger partial charge on any atom is 0.416 e. The van der Waals surface area contributed by atoms with Gasteiger partial charge in [0.05, 0.1) is 16.5 Å². The van der Waals surface area contributed by atoms with Gasteiger partial charge in [0.2, 0.25) is 0 Å². The third-order valence-electron chi connectivity index (χ3n) is 8.40. The summed E-state index contributed by atoms with van der Waals surface area (Å²) in [6.07, 6.45) is 5.02. The minimum atomic E-state index is -4.38. The Morgan fingerprint density at radius 3 is 2.23 bits per heavy atom. The average Bonchev–Trinajstić information content (AvgIpc) is 3.67. The van der Waals surface area contributed by atoms with Gasteiger partial charge < -0.3 is 20.0 Å². The maximum atomic E-state index is 13.2. The van der Waals surface area contributed by atoms with Crippen LogP contribution in [-0.4, -0.2) is 78.0 Å². The maximum absolute atomic E-state index is 13.2. The highest BCUT2D eigenvalue weighted by atomic mass is 32.1. The van der Waals surface area contributed by atoms with Crippen molar-refractivity contribution in [1.82, 2.24) is 20.0 Å². The Hall–Kier alpha value is -2.59. The first-order valence-corrected chi connectivity index (χ1v) is 14.8. The Bertz CT molecular complexity index is 1140. The quantitative estimate of drug-likeness (QED) is 0.449. The number of urea groups is 1. The lowest BCUT2D eigenvalue weighted by atomic mass is 10.1. The molecule has 5 rings (SSSR count). The highest BCUT2D eigenvalue weighted by Crippen LogP contribution is 2.34. The van der Waals surface area contributed by atoms with E-state index in [-0.39, 0.29) is 18.0 Å². The highest BCUT2D eigenvalue weighted by molar-refractivity contribution is 7.17. The Morgan fingerprint density at radius 1 is 0.872 bits per heavy atom. The largest absolute Gasteiger partial charge is 0.416 e. The summed E-state index contributed by atoms with van der Waals surface area (Å²) in [5, 5.41) is 3.80. The molecule has 2 aliphatic heterocycles. The van der Waals surface area contributed by atoms with Crippen LogP contribution in [0.1, 0.15) is 66.6 Å². The molecule has 0 bridgehead atoms. The number of thiophene rings is 1. The van der Waals surface area contributed by atoms with Crippen molar-refractivity contribution >= 4 is 23.3 Å². The van der Waals surface area contributed by atoms with E-state index in [9.17, 15) is 22.8 Å². The fourth-order valence-corrected chi connectivity index (χ4v) is 7.05. The summed E-state index contributed by atoms with van der Waals surface area (Å²) in [6, 6.07) is 9.39. The number of alkyl halides is 3. The van der Waals surface area contributed by atoms with Gasteiger partial charge in [-0.1, -0.05) is 37.8 Å². The molecule has 1 aromatic carbocycles. The predicted molar refractivity (Wildman–Crippen MR) is 147 cm³/mol. The molecule has 1 aliphatic carbocycles. The Kier molecular flexibility index (Phi) is 8.52. The monoisotopic (exact) mass is 562 g/mol. The number of nitrogens with one attached hydrogen (secondary N) is 1. The molecule has 3 aliphatic rings. The number of likely N-dealkylation sites (N-methyl/N-ethyl adjacent to an activating group) is 1. The number of hydrogen-bond donors (Lipinski definition) is 1. The van der Waals surface area contributed by atoms with Gasteiger partial charge in [0.25, 0.3) is 5.91 Å². The fraction of sp³-hybridized carbons (Fsp3) is 0.586. The first-order chi connectivity index (χ1) is 18.7. The third-order valence-corrected chi connectivity index (χ3v) is 9.52. The van der Waals surface area contributed by atoms with Gasteiger partial charge in [-0.25, -0.2) is 4.79 Å². The lowest BCUT2D eigenvalue weighted by Crippen LogP contribution is -2.45. The number of halogens is 3. The van der Waals surface area contributed by atoms with Gasteiger partial charge in [-0.3, -0.25) is 4.79 Å². The van der Waals surface area contributed by atoms with Crippen LogP contribution < -0.4 is 5.32 Å². The molecular formula is C29H37F3N4O2S. The van der Waals surface area contributed by atoms with Crippen molar-refractivity contribution in [3.8, 4) is 10.4 Å². The number of nitrogens with zero attached hydrogens (tertiary/aromatic N) is 3. The highest BCUT2D eigenvalue weighted by Gasteiger charge is 2.36. The van der Waals surface area contributed by atoms with Crippen molar-refractivity contribution in [3.05, 3.63) is 46.8 Å². The number of likely N-dealkylation sites (tertiary alicyclic amines) is 2. The summed E-state index contributed by atoms with van der Waals surface area (Å²) in [5.41, 5.74) is -0.0516. The van der Waals surface area contributed by atoms with Crippen molar-refractivity contribution < 1.29 is 22.8 Å². The lowest BCUT2D eigenvalue weighted by molar-refractivity contribution is -0.137. The SMILES string of the molecule is CN(C(=O)c1ccc(-c2ccc(C(F)(F)F)cc2)s1)C1CCN(C(=O)N2CCC(NC3CCCCCC3)C2)C1. The number of rotatable bonds is 5. The average molecular weight is 563 g/mol. The van der Waals surface area contributed by atoms with Gasteiger partial charge in [0.1, 0.15) is 0 Å². The van der Waals surface area contributed by atoms with E-state index in [1.807, 2.05) is 9.80 Å². The van der Waals surface area contributed by atoms with Crippen molar-refractivity contribution in [2.24, 2.45) is 0 Å². The number of amides is 3. The van der Waals surface area contributed by atoms with E-state index in [1.165, 1.54) is 62.0 Å². The first-order valence-electron chi connectivity index (χ1n) is 14.0. The number of hydrogen-bond acceptors (Lipinski definition) is 4. The molecule has 0 radical (unpaired) electrons. The van der Waals surface area contributed by atoms with Crippen LogP contribution in [-0.2, 0) is 6.18 Å². The summed E-state index contributed by atoms with van der Waals surface area (Å²) in [5.74, 6) is -0.133. The molecule has 2 saturated heterocycles. The smallest absolute Gasteiger partial charge is 0.336 e. The van der Waals surface area contributed by atoms with Crippen molar-refractivity contribution in [3.63, 3.8) is 0 Å². The number of carbonyl (C=O) groups is 2. The summed E-state index contributed by atoms with van der Waals surface area (Å²) >= 11 is 1.27. The molecule has 1 N–H and O–H groups in total. The van der Waals surface area contributed by atoms with E-state index in [1.54, 1.807) is 24.1 Å². The van der Waals surface area contributed by atoms with E-state index in [0.29, 0.717) is 35.6 Å². The molecular weight excluding hydrogens is 525 g/mol. The van der Waals surface area contributed by atoms with Crippen molar-refractivity contribution in [1.29, 1.82) is 0 Å². The van der Waals surface area contributed by atoms with Crippen LogP contribution in [0.15, 0.2) is 36.4 Å². The Balaban J connectivity index is 1.13. The normalized spacial score (nSPS) is 22.8. The van der Waals surface area contributed by atoms with Crippen LogP contribution in [0.2, 0.25) is 0 Å². The molecule has 39 heavy (non-hydrogen) atoms. The molecule has 3 fully saturated rings. The van der Waals surface area contributed by atoms with Gasteiger partial charge in [-0.05, 0) is 55.5 Å². The van der Waals surface area contributed by atoms with Gasteiger partial charge in [-0.15, -0.1) is 11.3 Å². The Morgan fingerprint density at radius 2 is 1.54 bits per heavy atom. The van der Waals surface area contributed by atoms with Gasteiger partial charge in [-0.2, -0.15) is 13.2 Å². The minimum Gasteiger partial charge on any atom is -0.336 e. The zero-order chi connectivity index (χ0) is 27.6. The van der Waals surface area contributed by atoms with Crippen molar-refractivity contribution in [2.45, 2.75) is 75.7 Å². The molecule has 2 atom stereocenters. The van der Waals surface area contributed by atoms with E-state index in [0.717, 1.165) is 42.9 Å². The van der Waals surface area contributed by atoms with E-state index < -0.39 is 11.7 Å². The van der Waals surface area contributed by atoms with Crippen LogP contribution in [0.3, 0.4) is 0 Å². The minimum absolute atomic E-state index is 0.0595. The lowest BCUT2D eigenvalue weighted by Gasteiger charge is -2.27. The van der Waals surface area contributed by atoms with Crippen LogP contribution in [0.4, 0.5) is 18.0 Å². The van der Waals surface area contributed by atoms with Crippen molar-refractivity contribution in [2.75, 3.05) is 33.2 Å². The summed E-state index contributed by atoms with van der Waals surface area (Å²) in [6.45, 7) is 2.64. The molecule has 2 aromatic rings. The molecule has 3 heterocycles. The van der Waals surface area contributed by atoms with E-state index in [2.05, 4.69) is 5.32 Å². The summed E-state index contributed by atoms with van der Waals surface area (Å²) < 4.78 is 38.6. The van der Waals surface area contributed by atoms with Gasteiger partial charge >= 0.3 is 12.2 Å². The molecule has 1 aromatic heterocycles. The zero-order valence-electron chi connectivity index (χ0n) is 22.4. The molecule has 212 valence electrons. The number of carbonyl (C=O) groups excluding carboxylic acids is 2. The summed E-state index contributed by atoms with van der Waals surface area (Å²) in [7, 11) is 1.76. The van der Waals surface area contributed by atoms with Crippen LogP contribution in [0.5, 0.6) is 0 Å². The van der Waals surface area contributed by atoms with Gasteiger partial charge in [0.15, 0.2) is 0 Å². The second-order valence-corrected chi connectivity index (χ2v) is 12.2. The topological polar surface area (TPSA) is 55.9 Å². The van der Waals surface area contributed by atoms with Crippen LogP contribution in [0.25, 0.3) is 10.4 Å². The number of benzene rings is 1. The van der Waals surface area contributed by atoms with Crippen LogP contribution >= 0.6 is 11.3 Å². The Labute approximate surface area is 232 Å². The molecule has 6 nitrogen and oxygen atoms in total. The standard InChI is InChI=1S/C29H37F3N4O2S/c1-34(27(37)26-13-12-25(39-26)20-8-10-21(11-9-20)29(30,31)32)24-15-17-36(19-24)28(38)35-16-14-23(18-35)33-22-6-4-2-3-5-7-22/h8-13,22-24,33H,2-7,14-19H2,1H3. The summed E-state index contributed by atoms with van der Waals surface area (Å²) in [4.78, 5) is 33.3. The molecule has 10 heteroatoms. The zero-order valence-corrected chi connectivity index (χ0v) is 23.2. The molecule has 2 unspecified atom stereocenters. The second kappa shape index (κ2) is 11.9. The first kappa shape index (κ1) is 28.0. The molecule has 3 amide bonds.